The summed E-state index contributed by atoms with van der Waals surface area (Å²) in [5.41, 5.74) is 2.63. The molecule has 2 aromatic rings. The van der Waals surface area contributed by atoms with Gasteiger partial charge in [0.25, 0.3) is 0 Å². The highest BCUT2D eigenvalue weighted by atomic mass is 19.1. The minimum Gasteiger partial charge on any atom is -0.352 e. The van der Waals surface area contributed by atoms with E-state index in [2.05, 4.69) is 5.32 Å². The second-order valence-corrected chi connectivity index (χ2v) is 6.24. The van der Waals surface area contributed by atoms with Gasteiger partial charge in [0.2, 0.25) is 11.8 Å². The molecule has 0 bridgehead atoms. The number of carbonyl (C=O) groups is 2. The number of halogens is 1. The minimum atomic E-state index is -0.271. The molecule has 1 fully saturated rings. The first kappa shape index (κ1) is 17.9. The van der Waals surface area contributed by atoms with Crippen molar-refractivity contribution in [3.63, 3.8) is 0 Å². The molecule has 1 heterocycles. The van der Waals surface area contributed by atoms with Crippen molar-refractivity contribution in [2.75, 3.05) is 18.0 Å². The van der Waals surface area contributed by atoms with Crippen molar-refractivity contribution in [3.8, 4) is 0 Å². The summed E-state index contributed by atoms with van der Waals surface area (Å²) in [6.45, 7) is 1.21. The van der Waals surface area contributed by atoms with Crippen LogP contribution in [0.3, 0.4) is 0 Å². The first-order valence-electron chi connectivity index (χ1n) is 8.72. The number of hydrogen-bond donors (Lipinski definition) is 1. The Balaban J connectivity index is 1.47. The number of carbonyl (C=O) groups excluding carboxylic acids is 2. The van der Waals surface area contributed by atoms with E-state index in [1.54, 1.807) is 17.0 Å². The number of rotatable bonds is 6. The maximum absolute atomic E-state index is 13.1. The molecule has 134 valence electrons. The van der Waals surface area contributed by atoms with E-state index in [0.29, 0.717) is 19.4 Å². The van der Waals surface area contributed by atoms with Gasteiger partial charge in [0, 0.05) is 31.3 Å². The zero-order valence-electron chi connectivity index (χ0n) is 14.5. The van der Waals surface area contributed by atoms with Crippen LogP contribution in [0.15, 0.2) is 54.6 Å². The van der Waals surface area contributed by atoms with Gasteiger partial charge >= 0.3 is 0 Å². The largest absolute Gasteiger partial charge is 0.352 e. The third kappa shape index (κ3) is 4.79. The molecule has 2 amide bonds. The van der Waals surface area contributed by atoms with Gasteiger partial charge in [-0.2, -0.15) is 0 Å². The molecule has 1 aliphatic heterocycles. The SMILES string of the molecule is O=C(/C=C/c1ccc(N2CCCC2=O)cc1)NCCc1cccc(F)c1. The smallest absolute Gasteiger partial charge is 0.244 e. The summed E-state index contributed by atoms with van der Waals surface area (Å²) in [4.78, 5) is 25.4. The number of benzene rings is 2. The molecule has 4 nitrogen and oxygen atoms in total. The van der Waals surface area contributed by atoms with Crippen LogP contribution in [0, 0.1) is 5.82 Å². The van der Waals surface area contributed by atoms with Crippen LogP contribution in [0.5, 0.6) is 0 Å². The van der Waals surface area contributed by atoms with E-state index in [-0.39, 0.29) is 17.6 Å². The van der Waals surface area contributed by atoms with Crippen molar-refractivity contribution in [2.24, 2.45) is 0 Å². The lowest BCUT2D eigenvalue weighted by Gasteiger charge is -2.15. The predicted molar refractivity (Wildman–Crippen MR) is 100 cm³/mol. The van der Waals surface area contributed by atoms with Crippen LogP contribution in [0.25, 0.3) is 6.08 Å². The van der Waals surface area contributed by atoms with Gasteiger partial charge in [0.05, 0.1) is 0 Å². The van der Waals surface area contributed by atoms with Crippen LogP contribution >= 0.6 is 0 Å². The second-order valence-electron chi connectivity index (χ2n) is 6.24. The maximum atomic E-state index is 13.1. The lowest BCUT2D eigenvalue weighted by Crippen LogP contribution is -2.23. The molecule has 3 rings (SSSR count). The van der Waals surface area contributed by atoms with Crippen molar-refractivity contribution in [1.29, 1.82) is 0 Å². The third-order valence-corrected chi connectivity index (χ3v) is 4.31. The van der Waals surface area contributed by atoms with Crippen LogP contribution in [0.1, 0.15) is 24.0 Å². The minimum absolute atomic E-state index is 0.158. The van der Waals surface area contributed by atoms with Crippen molar-refractivity contribution >= 4 is 23.6 Å². The Morgan fingerprint density at radius 2 is 2.00 bits per heavy atom. The predicted octanol–water partition coefficient (Wildman–Crippen LogP) is 3.32. The van der Waals surface area contributed by atoms with Crippen LogP contribution in [0.2, 0.25) is 0 Å². The van der Waals surface area contributed by atoms with Gasteiger partial charge in [-0.1, -0.05) is 24.3 Å². The molecule has 1 aliphatic rings. The Bertz CT molecular complexity index is 815. The molecule has 1 saturated heterocycles. The molecule has 0 atom stereocenters. The van der Waals surface area contributed by atoms with Gasteiger partial charge in [0.1, 0.15) is 5.82 Å². The van der Waals surface area contributed by atoms with Crippen molar-refractivity contribution in [3.05, 3.63) is 71.6 Å². The monoisotopic (exact) mass is 352 g/mol. The van der Waals surface area contributed by atoms with Crippen molar-refractivity contribution in [1.82, 2.24) is 5.32 Å². The van der Waals surface area contributed by atoms with E-state index < -0.39 is 0 Å². The lowest BCUT2D eigenvalue weighted by atomic mass is 10.1. The Hall–Kier alpha value is -2.95. The topological polar surface area (TPSA) is 49.4 Å². The average Bonchev–Trinajstić information content (AvgIpc) is 3.06. The van der Waals surface area contributed by atoms with Crippen LogP contribution in [-0.4, -0.2) is 24.9 Å². The Morgan fingerprint density at radius 1 is 1.19 bits per heavy atom. The molecule has 0 radical (unpaired) electrons. The van der Waals surface area contributed by atoms with E-state index in [1.807, 2.05) is 30.3 Å². The summed E-state index contributed by atoms with van der Waals surface area (Å²) in [6.07, 6.45) is 5.29. The molecular formula is C21H21FN2O2. The Kier molecular flexibility index (Phi) is 5.79. The van der Waals surface area contributed by atoms with Crippen LogP contribution in [-0.2, 0) is 16.0 Å². The highest BCUT2D eigenvalue weighted by Crippen LogP contribution is 2.21. The van der Waals surface area contributed by atoms with E-state index in [4.69, 9.17) is 0 Å². The molecule has 5 heteroatoms. The van der Waals surface area contributed by atoms with Gasteiger partial charge in [-0.3, -0.25) is 9.59 Å². The number of anilines is 1. The lowest BCUT2D eigenvalue weighted by molar-refractivity contribution is -0.117. The molecule has 0 unspecified atom stereocenters. The quantitative estimate of drug-likeness (QED) is 0.811. The van der Waals surface area contributed by atoms with Crippen LogP contribution < -0.4 is 10.2 Å². The summed E-state index contributed by atoms with van der Waals surface area (Å²) < 4.78 is 13.1. The number of nitrogens with zero attached hydrogens (tertiary/aromatic N) is 1. The molecule has 0 aliphatic carbocycles. The molecule has 2 aromatic carbocycles. The van der Waals surface area contributed by atoms with Gasteiger partial charge in [-0.15, -0.1) is 0 Å². The molecular weight excluding hydrogens is 331 g/mol. The van der Waals surface area contributed by atoms with Gasteiger partial charge in [0.15, 0.2) is 0 Å². The molecule has 0 saturated carbocycles. The molecule has 1 N–H and O–H groups in total. The zero-order valence-corrected chi connectivity index (χ0v) is 14.5. The molecule has 0 aromatic heterocycles. The number of hydrogen-bond acceptors (Lipinski definition) is 2. The van der Waals surface area contributed by atoms with Crippen molar-refractivity contribution < 1.29 is 14.0 Å². The second kappa shape index (κ2) is 8.43. The van der Waals surface area contributed by atoms with E-state index >= 15 is 0 Å². The molecule has 26 heavy (non-hydrogen) atoms. The first-order valence-corrected chi connectivity index (χ1v) is 8.72. The van der Waals surface area contributed by atoms with E-state index in [1.165, 1.54) is 18.2 Å². The van der Waals surface area contributed by atoms with Crippen LogP contribution in [0.4, 0.5) is 10.1 Å². The fraction of sp³-hybridized carbons (Fsp3) is 0.238. The van der Waals surface area contributed by atoms with Gasteiger partial charge in [-0.05, 0) is 54.3 Å². The zero-order chi connectivity index (χ0) is 18.4. The van der Waals surface area contributed by atoms with Gasteiger partial charge in [-0.25, -0.2) is 4.39 Å². The highest BCUT2D eigenvalue weighted by Gasteiger charge is 2.21. The Morgan fingerprint density at radius 3 is 2.69 bits per heavy atom. The van der Waals surface area contributed by atoms with Gasteiger partial charge < -0.3 is 10.2 Å². The third-order valence-electron chi connectivity index (χ3n) is 4.31. The maximum Gasteiger partial charge on any atom is 0.244 e. The fourth-order valence-electron chi connectivity index (χ4n) is 2.94. The number of amides is 2. The average molecular weight is 352 g/mol. The molecule has 0 spiro atoms. The standard InChI is InChI=1S/C21H21FN2O2/c22-18-4-1-3-17(15-18)12-13-23-20(25)11-8-16-6-9-19(10-7-16)24-14-2-5-21(24)26/h1,3-4,6-11,15H,2,5,12-14H2,(H,23,25)/b11-8+. The summed E-state index contributed by atoms with van der Waals surface area (Å²) in [6, 6.07) is 13.9. The Labute approximate surface area is 152 Å². The summed E-state index contributed by atoms with van der Waals surface area (Å²) >= 11 is 0. The highest BCUT2D eigenvalue weighted by molar-refractivity contribution is 5.95. The number of nitrogens with one attached hydrogen (secondary N) is 1. The fourth-order valence-corrected chi connectivity index (χ4v) is 2.94. The van der Waals surface area contributed by atoms with E-state index in [0.717, 1.165) is 29.8 Å². The van der Waals surface area contributed by atoms with E-state index in [9.17, 15) is 14.0 Å². The summed E-state index contributed by atoms with van der Waals surface area (Å²) in [5, 5.41) is 2.78. The van der Waals surface area contributed by atoms with Crippen molar-refractivity contribution in [2.45, 2.75) is 19.3 Å². The normalized spacial score (nSPS) is 14.2. The summed E-state index contributed by atoms with van der Waals surface area (Å²) in [5.74, 6) is -0.307. The first-order chi connectivity index (χ1) is 12.6. The summed E-state index contributed by atoms with van der Waals surface area (Å²) in [7, 11) is 0.